The smallest absolute Gasteiger partial charge is 0.300 e. The van der Waals surface area contributed by atoms with Crippen molar-refractivity contribution in [3.8, 4) is 28.4 Å². The van der Waals surface area contributed by atoms with Crippen LogP contribution in [0.5, 0.6) is 5.75 Å². The van der Waals surface area contributed by atoms with Crippen molar-refractivity contribution in [3.63, 3.8) is 0 Å². The molecule has 0 bridgehead atoms. The van der Waals surface area contributed by atoms with Crippen LogP contribution >= 0.6 is 11.6 Å². The number of aromatic nitrogens is 3. The number of hydrogen-bond donors (Lipinski definition) is 1. The average molecular weight is 459 g/mol. The number of hydrogen-bond acceptors (Lipinski definition) is 7. The third-order valence-electron chi connectivity index (χ3n) is 5.67. The lowest BCUT2D eigenvalue weighted by Gasteiger charge is -2.43. The van der Waals surface area contributed by atoms with Crippen LogP contribution < -0.4 is 15.6 Å². The fourth-order valence-electron chi connectivity index (χ4n) is 4.26. The Labute approximate surface area is 183 Å². The Kier molecular flexibility index (Phi) is 4.56. The molecule has 0 amide bonds. The molecule has 2 aliphatic heterocycles. The van der Waals surface area contributed by atoms with Crippen molar-refractivity contribution in [2.45, 2.75) is 18.5 Å². The fourth-order valence-corrected chi connectivity index (χ4v) is 6.23. The van der Waals surface area contributed by atoms with Crippen molar-refractivity contribution in [1.82, 2.24) is 14.8 Å². The van der Waals surface area contributed by atoms with Crippen LogP contribution in [-0.4, -0.2) is 41.8 Å². The Morgan fingerprint density at radius 1 is 1.19 bits per heavy atom. The molecule has 1 spiro atoms. The topological polar surface area (TPSA) is 103 Å². The molecule has 1 N–H and O–H groups in total. The molecule has 1 aromatic heterocycles. The molecule has 1 saturated heterocycles. The van der Waals surface area contributed by atoms with Gasteiger partial charge in [0.15, 0.2) is 21.4 Å². The van der Waals surface area contributed by atoms with E-state index in [2.05, 4.69) is 15.4 Å². The van der Waals surface area contributed by atoms with Crippen molar-refractivity contribution in [3.05, 3.63) is 57.8 Å². The number of ether oxygens (including phenoxy) is 1. The highest BCUT2D eigenvalue weighted by Crippen LogP contribution is 2.42. The summed E-state index contributed by atoms with van der Waals surface area (Å²) < 4.78 is 31.9. The molecular formula is C21H19ClN4O4S. The Morgan fingerprint density at radius 3 is 2.68 bits per heavy atom. The molecule has 0 aliphatic carbocycles. The molecule has 3 heterocycles. The summed E-state index contributed by atoms with van der Waals surface area (Å²) in [6.07, 6.45) is 1.00. The Bertz CT molecular complexity index is 1350. The van der Waals surface area contributed by atoms with Gasteiger partial charge < -0.3 is 10.1 Å². The monoisotopic (exact) mass is 458 g/mol. The average Bonchev–Trinajstić information content (AvgIpc) is 2.73. The zero-order valence-electron chi connectivity index (χ0n) is 16.6. The van der Waals surface area contributed by atoms with E-state index in [1.54, 1.807) is 54.3 Å². The number of nitrogens with one attached hydrogen (secondary N) is 1. The number of rotatable bonds is 2. The maximum atomic E-state index is 12.9. The van der Waals surface area contributed by atoms with E-state index < -0.39 is 21.1 Å². The first-order valence-electron chi connectivity index (χ1n) is 9.75. The van der Waals surface area contributed by atoms with Gasteiger partial charge in [0.2, 0.25) is 0 Å². The summed E-state index contributed by atoms with van der Waals surface area (Å²) in [5, 5.41) is 8.49. The minimum Gasteiger partial charge on any atom is -0.497 e. The van der Waals surface area contributed by atoms with Gasteiger partial charge in [-0.05, 0) is 55.3 Å². The first kappa shape index (κ1) is 20.0. The van der Waals surface area contributed by atoms with Gasteiger partial charge in [-0.25, -0.2) is 13.1 Å². The number of fused-ring (bicyclic) bond motifs is 4. The summed E-state index contributed by atoms with van der Waals surface area (Å²) in [5.74, 6) is 0.929. The Morgan fingerprint density at radius 2 is 1.97 bits per heavy atom. The zero-order chi connectivity index (χ0) is 21.8. The predicted octanol–water partition coefficient (Wildman–Crippen LogP) is 2.92. The van der Waals surface area contributed by atoms with Gasteiger partial charge in [0.05, 0.1) is 18.6 Å². The molecule has 1 fully saturated rings. The zero-order valence-corrected chi connectivity index (χ0v) is 18.2. The minimum absolute atomic E-state index is 0.123. The van der Waals surface area contributed by atoms with Crippen molar-refractivity contribution >= 4 is 27.1 Å². The number of methoxy groups -OCH3 is 1. The molecule has 160 valence electrons. The Hall–Kier alpha value is -2.91. The van der Waals surface area contributed by atoms with Crippen LogP contribution in [0, 0.1) is 0 Å². The quantitative estimate of drug-likeness (QED) is 0.629. The fraction of sp³-hybridized carbons (Fsp3) is 0.286. The number of nitrogens with zero attached hydrogens (tertiary/aromatic N) is 3. The van der Waals surface area contributed by atoms with Crippen LogP contribution in [0.1, 0.15) is 12.8 Å². The highest BCUT2D eigenvalue weighted by Gasteiger charge is 2.46. The lowest BCUT2D eigenvalue weighted by Crippen LogP contribution is -2.54. The van der Waals surface area contributed by atoms with Gasteiger partial charge >= 0.3 is 0 Å². The summed E-state index contributed by atoms with van der Waals surface area (Å²) in [6, 6.07) is 12.1. The van der Waals surface area contributed by atoms with Crippen LogP contribution in [0.2, 0.25) is 5.02 Å². The van der Waals surface area contributed by atoms with E-state index in [0.29, 0.717) is 46.3 Å². The number of benzene rings is 2. The SMILES string of the molecule is COc1ccc(-c2nn3c(nc2=O)-c2cc(Cl)ccc2NC32CCCS(=O)(=O)C2)cc1. The second-order valence-corrected chi connectivity index (χ2v) is 10.4. The number of sulfone groups is 1. The van der Waals surface area contributed by atoms with Crippen molar-refractivity contribution < 1.29 is 13.2 Å². The molecule has 31 heavy (non-hydrogen) atoms. The highest BCUT2D eigenvalue weighted by molar-refractivity contribution is 7.91. The van der Waals surface area contributed by atoms with Crippen molar-refractivity contribution in [2.24, 2.45) is 0 Å². The van der Waals surface area contributed by atoms with Crippen LogP contribution in [0.25, 0.3) is 22.6 Å². The molecule has 1 atom stereocenters. The number of anilines is 1. The van der Waals surface area contributed by atoms with Crippen LogP contribution in [0.4, 0.5) is 5.69 Å². The van der Waals surface area contributed by atoms with Gasteiger partial charge in [-0.1, -0.05) is 11.6 Å². The summed E-state index contributed by atoms with van der Waals surface area (Å²) >= 11 is 6.19. The standard InChI is InChI=1S/C21H19ClN4O4S/c1-30-15-6-3-13(4-7-15)18-20(27)23-19-16-11-14(22)5-8-17(16)24-21(26(19)25-18)9-2-10-31(28,29)12-21/h3-8,11,24H,2,9-10,12H2,1H3. The summed E-state index contributed by atoms with van der Waals surface area (Å²) in [7, 11) is -1.75. The van der Waals surface area contributed by atoms with Crippen molar-refractivity contribution in [1.29, 1.82) is 0 Å². The van der Waals surface area contributed by atoms with E-state index in [1.165, 1.54) is 0 Å². The summed E-state index contributed by atoms with van der Waals surface area (Å²) in [6.45, 7) is 0. The van der Waals surface area contributed by atoms with E-state index in [1.807, 2.05) is 0 Å². The van der Waals surface area contributed by atoms with Gasteiger partial charge in [-0.15, -0.1) is 0 Å². The molecular weight excluding hydrogens is 440 g/mol. The number of halogens is 1. The van der Waals surface area contributed by atoms with Crippen LogP contribution in [0.15, 0.2) is 47.3 Å². The molecule has 3 aromatic rings. The molecule has 0 radical (unpaired) electrons. The third kappa shape index (κ3) is 3.37. The van der Waals surface area contributed by atoms with E-state index in [0.717, 1.165) is 0 Å². The van der Waals surface area contributed by atoms with Gasteiger partial charge in [0, 0.05) is 21.8 Å². The van der Waals surface area contributed by atoms with Crippen LogP contribution in [0.3, 0.4) is 0 Å². The molecule has 5 rings (SSSR count). The lowest BCUT2D eigenvalue weighted by molar-refractivity contribution is 0.290. The molecule has 2 aromatic carbocycles. The van der Waals surface area contributed by atoms with Gasteiger partial charge in [-0.2, -0.15) is 10.1 Å². The van der Waals surface area contributed by atoms with Gasteiger partial charge in [0.1, 0.15) is 11.4 Å². The van der Waals surface area contributed by atoms with Gasteiger partial charge in [0.25, 0.3) is 5.56 Å². The minimum atomic E-state index is -3.31. The molecule has 0 saturated carbocycles. The van der Waals surface area contributed by atoms with E-state index in [-0.39, 0.29) is 17.2 Å². The first-order chi connectivity index (χ1) is 14.8. The van der Waals surface area contributed by atoms with E-state index in [9.17, 15) is 13.2 Å². The molecule has 10 heteroatoms. The Balaban J connectivity index is 1.76. The molecule has 8 nitrogen and oxygen atoms in total. The summed E-state index contributed by atoms with van der Waals surface area (Å²) in [5.41, 5.74) is 0.451. The van der Waals surface area contributed by atoms with E-state index >= 15 is 0 Å². The maximum Gasteiger partial charge on any atom is 0.300 e. The van der Waals surface area contributed by atoms with Crippen molar-refractivity contribution in [2.75, 3.05) is 23.9 Å². The highest BCUT2D eigenvalue weighted by atomic mass is 35.5. The molecule has 2 aliphatic rings. The van der Waals surface area contributed by atoms with Gasteiger partial charge in [-0.3, -0.25) is 4.79 Å². The second-order valence-electron chi connectivity index (χ2n) is 7.77. The van der Waals surface area contributed by atoms with Crippen LogP contribution in [-0.2, 0) is 15.5 Å². The lowest BCUT2D eigenvalue weighted by atomic mass is 9.99. The summed E-state index contributed by atoms with van der Waals surface area (Å²) in [4.78, 5) is 17.3. The maximum absolute atomic E-state index is 12.9. The van der Waals surface area contributed by atoms with E-state index in [4.69, 9.17) is 16.3 Å². The molecule has 1 unspecified atom stereocenters. The predicted molar refractivity (Wildman–Crippen MR) is 118 cm³/mol. The second kappa shape index (κ2) is 7.06. The first-order valence-corrected chi connectivity index (χ1v) is 12.0. The normalized spacial score (nSPS) is 21.1. The third-order valence-corrected chi connectivity index (χ3v) is 7.74. The largest absolute Gasteiger partial charge is 0.497 e.